The van der Waals surface area contributed by atoms with Crippen LogP contribution < -0.4 is 15.4 Å². The molecular weight excluding hydrogens is 420 g/mol. The van der Waals surface area contributed by atoms with Crippen molar-refractivity contribution >= 4 is 29.2 Å². The molecule has 0 unspecified atom stereocenters. The Balaban J connectivity index is 1.64. The lowest BCUT2D eigenvalue weighted by Gasteiger charge is -2.09. The van der Waals surface area contributed by atoms with Gasteiger partial charge < -0.3 is 15.4 Å². The number of carbonyl (C=O) groups excluding carboxylic acids is 2. The summed E-state index contributed by atoms with van der Waals surface area (Å²) in [6.45, 7) is 2.42. The van der Waals surface area contributed by atoms with Crippen LogP contribution in [-0.4, -0.2) is 33.6 Å². The van der Waals surface area contributed by atoms with Crippen LogP contribution in [0.25, 0.3) is 0 Å². The third kappa shape index (κ3) is 4.90. The standard InChI is InChI=1S/C19H16ClF2N5O3/c1-2-30-19-10(4-3-5-23-19)9-24-18(29)15-8-16(27-26-15)25-17(28)11-6-13(21)14(22)7-12(11)20/h3-8H,2,9H2,1H3,(H,24,29)(H2,25,26,27,28). The van der Waals surface area contributed by atoms with Gasteiger partial charge in [0.25, 0.3) is 11.8 Å². The lowest BCUT2D eigenvalue weighted by atomic mass is 10.2. The second-order valence-electron chi connectivity index (χ2n) is 5.95. The van der Waals surface area contributed by atoms with Crippen LogP contribution in [0.3, 0.4) is 0 Å². The predicted molar refractivity (Wildman–Crippen MR) is 104 cm³/mol. The maximum atomic E-state index is 13.4. The van der Waals surface area contributed by atoms with Crippen molar-refractivity contribution in [1.29, 1.82) is 0 Å². The Kier molecular flexibility index (Phi) is 6.58. The van der Waals surface area contributed by atoms with Crippen LogP contribution >= 0.6 is 11.6 Å². The van der Waals surface area contributed by atoms with Crippen molar-refractivity contribution in [2.45, 2.75) is 13.5 Å². The van der Waals surface area contributed by atoms with E-state index >= 15 is 0 Å². The average molecular weight is 436 g/mol. The summed E-state index contributed by atoms with van der Waals surface area (Å²) in [5, 5.41) is 11.1. The Morgan fingerprint density at radius 3 is 2.73 bits per heavy atom. The lowest BCUT2D eigenvalue weighted by Crippen LogP contribution is -2.23. The minimum absolute atomic E-state index is 0.00216. The molecular formula is C19H16ClF2N5O3. The second kappa shape index (κ2) is 9.31. The molecule has 30 heavy (non-hydrogen) atoms. The van der Waals surface area contributed by atoms with Crippen molar-refractivity contribution in [2.75, 3.05) is 11.9 Å². The summed E-state index contributed by atoms with van der Waals surface area (Å²) >= 11 is 5.78. The van der Waals surface area contributed by atoms with Crippen LogP contribution in [0.2, 0.25) is 5.02 Å². The molecule has 2 heterocycles. The van der Waals surface area contributed by atoms with E-state index < -0.39 is 23.4 Å². The molecule has 3 N–H and O–H groups in total. The number of anilines is 1. The molecule has 0 saturated heterocycles. The molecule has 1 aromatic carbocycles. The van der Waals surface area contributed by atoms with Crippen LogP contribution in [0.4, 0.5) is 14.6 Å². The number of H-pyrrole nitrogens is 1. The van der Waals surface area contributed by atoms with E-state index in [1.54, 1.807) is 18.3 Å². The number of aromatic amines is 1. The van der Waals surface area contributed by atoms with Gasteiger partial charge in [0.1, 0.15) is 5.69 Å². The number of aromatic nitrogens is 3. The molecule has 0 aliphatic carbocycles. The van der Waals surface area contributed by atoms with Gasteiger partial charge in [0.2, 0.25) is 5.88 Å². The Morgan fingerprint density at radius 2 is 1.97 bits per heavy atom. The number of carbonyl (C=O) groups is 2. The molecule has 0 spiro atoms. The highest BCUT2D eigenvalue weighted by molar-refractivity contribution is 6.34. The SMILES string of the molecule is CCOc1ncccc1CNC(=O)c1cc(NC(=O)c2cc(F)c(F)cc2Cl)n[nH]1. The molecule has 11 heteroatoms. The van der Waals surface area contributed by atoms with Gasteiger partial charge in [-0.05, 0) is 25.1 Å². The quantitative estimate of drug-likeness (QED) is 0.493. The number of pyridine rings is 1. The van der Waals surface area contributed by atoms with E-state index in [0.29, 0.717) is 30.2 Å². The molecule has 156 valence electrons. The predicted octanol–water partition coefficient (Wildman–Crippen LogP) is 3.32. The number of hydrogen-bond donors (Lipinski definition) is 3. The molecule has 0 atom stereocenters. The molecule has 0 aliphatic heterocycles. The first-order valence-corrected chi connectivity index (χ1v) is 9.13. The second-order valence-corrected chi connectivity index (χ2v) is 6.36. The number of halogens is 3. The monoisotopic (exact) mass is 435 g/mol. The van der Waals surface area contributed by atoms with Crippen molar-refractivity contribution in [3.8, 4) is 5.88 Å². The molecule has 0 fully saturated rings. The Hall–Kier alpha value is -3.53. The molecule has 0 bridgehead atoms. The summed E-state index contributed by atoms with van der Waals surface area (Å²) in [4.78, 5) is 28.7. The first kappa shape index (κ1) is 21.2. The van der Waals surface area contributed by atoms with E-state index in [9.17, 15) is 18.4 Å². The Morgan fingerprint density at radius 1 is 1.20 bits per heavy atom. The minimum atomic E-state index is -1.21. The van der Waals surface area contributed by atoms with Gasteiger partial charge in [-0.2, -0.15) is 5.10 Å². The Labute approximate surface area is 174 Å². The molecule has 0 aliphatic rings. The van der Waals surface area contributed by atoms with E-state index in [2.05, 4.69) is 25.8 Å². The summed E-state index contributed by atoms with van der Waals surface area (Å²) < 4.78 is 31.9. The van der Waals surface area contributed by atoms with Crippen LogP contribution in [0, 0.1) is 11.6 Å². The third-order valence-corrected chi connectivity index (χ3v) is 4.20. The van der Waals surface area contributed by atoms with Crippen molar-refractivity contribution in [3.63, 3.8) is 0 Å². The highest BCUT2D eigenvalue weighted by Gasteiger charge is 2.17. The number of amides is 2. The minimum Gasteiger partial charge on any atom is -0.478 e. The molecule has 8 nitrogen and oxygen atoms in total. The van der Waals surface area contributed by atoms with Crippen molar-refractivity contribution in [3.05, 3.63) is 70.0 Å². The topological polar surface area (TPSA) is 109 Å². The number of rotatable bonds is 7. The lowest BCUT2D eigenvalue weighted by molar-refractivity contribution is 0.0944. The molecule has 2 amide bonds. The van der Waals surface area contributed by atoms with Gasteiger partial charge in [0.15, 0.2) is 17.5 Å². The summed E-state index contributed by atoms with van der Waals surface area (Å²) in [6.07, 6.45) is 1.58. The summed E-state index contributed by atoms with van der Waals surface area (Å²) in [5.41, 5.74) is 0.488. The van der Waals surface area contributed by atoms with E-state index in [0.717, 1.165) is 0 Å². The van der Waals surface area contributed by atoms with E-state index in [1.807, 2.05) is 6.92 Å². The fraction of sp³-hybridized carbons (Fsp3) is 0.158. The van der Waals surface area contributed by atoms with Gasteiger partial charge >= 0.3 is 0 Å². The molecule has 0 saturated carbocycles. The van der Waals surface area contributed by atoms with E-state index in [-0.39, 0.29) is 28.6 Å². The van der Waals surface area contributed by atoms with Gasteiger partial charge in [-0.3, -0.25) is 14.7 Å². The zero-order chi connectivity index (χ0) is 21.7. The summed E-state index contributed by atoms with van der Waals surface area (Å²) in [6, 6.07) is 6.15. The van der Waals surface area contributed by atoms with Crippen molar-refractivity contribution in [1.82, 2.24) is 20.5 Å². The first-order valence-electron chi connectivity index (χ1n) is 8.75. The van der Waals surface area contributed by atoms with Crippen LogP contribution in [0.15, 0.2) is 36.5 Å². The number of nitrogens with zero attached hydrogens (tertiary/aromatic N) is 2. The number of ether oxygens (including phenoxy) is 1. The zero-order valence-electron chi connectivity index (χ0n) is 15.6. The van der Waals surface area contributed by atoms with Crippen molar-refractivity contribution < 1.29 is 23.1 Å². The van der Waals surface area contributed by atoms with Crippen LogP contribution in [-0.2, 0) is 6.54 Å². The highest BCUT2D eigenvalue weighted by Crippen LogP contribution is 2.21. The largest absolute Gasteiger partial charge is 0.478 e. The maximum Gasteiger partial charge on any atom is 0.269 e. The van der Waals surface area contributed by atoms with Gasteiger partial charge in [0, 0.05) is 24.4 Å². The van der Waals surface area contributed by atoms with E-state index in [4.69, 9.17) is 16.3 Å². The fourth-order valence-electron chi connectivity index (χ4n) is 2.48. The number of benzene rings is 1. The first-order chi connectivity index (χ1) is 14.4. The Bertz CT molecular complexity index is 1090. The zero-order valence-corrected chi connectivity index (χ0v) is 16.4. The van der Waals surface area contributed by atoms with Gasteiger partial charge in [0.05, 0.1) is 17.2 Å². The highest BCUT2D eigenvalue weighted by atomic mass is 35.5. The summed E-state index contributed by atoms with van der Waals surface area (Å²) in [7, 11) is 0. The molecule has 0 radical (unpaired) electrons. The van der Waals surface area contributed by atoms with Gasteiger partial charge in [-0.1, -0.05) is 17.7 Å². The maximum absolute atomic E-state index is 13.4. The van der Waals surface area contributed by atoms with Crippen LogP contribution in [0.5, 0.6) is 5.88 Å². The number of hydrogen-bond acceptors (Lipinski definition) is 5. The third-order valence-electron chi connectivity index (χ3n) is 3.89. The van der Waals surface area contributed by atoms with Crippen molar-refractivity contribution in [2.24, 2.45) is 0 Å². The summed E-state index contributed by atoms with van der Waals surface area (Å²) in [5.74, 6) is -3.26. The number of nitrogens with one attached hydrogen (secondary N) is 3. The van der Waals surface area contributed by atoms with E-state index in [1.165, 1.54) is 6.07 Å². The fourth-order valence-corrected chi connectivity index (χ4v) is 2.71. The van der Waals surface area contributed by atoms with Gasteiger partial charge in [-0.25, -0.2) is 13.8 Å². The molecule has 3 rings (SSSR count). The average Bonchev–Trinajstić information content (AvgIpc) is 3.18. The smallest absolute Gasteiger partial charge is 0.269 e. The normalized spacial score (nSPS) is 10.5. The molecule has 3 aromatic rings. The van der Waals surface area contributed by atoms with Gasteiger partial charge in [-0.15, -0.1) is 0 Å². The van der Waals surface area contributed by atoms with Crippen LogP contribution in [0.1, 0.15) is 33.3 Å². The molecule has 2 aromatic heterocycles.